The molecule has 1 saturated heterocycles. The highest BCUT2D eigenvalue weighted by Gasteiger charge is 2.21. The average Bonchev–Trinajstić information content (AvgIpc) is 3.38. The van der Waals surface area contributed by atoms with E-state index in [1.807, 2.05) is 54.7 Å². The van der Waals surface area contributed by atoms with Gasteiger partial charge in [0.15, 0.2) is 5.16 Å². The quantitative estimate of drug-likeness (QED) is 0.602. The second-order valence-electron chi connectivity index (χ2n) is 6.74. The fraction of sp³-hybridized carbons (Fsp3) is 0.273. The maximum atomic E-state index is 12.3. The molecular weight excluding hydrogens is 370 g/mol. The molecular formula is C22H23N3O2S. The number of thioether (sulfide) groups is 1. The van der Waals surface area contributed by atoms with Gasteiger partial charge in [-0.3, -0.25) is 4.79 Å². The lowest BCUT2D eigenvalue weighted by Gasteiger charge is -2.16. The van der Waals surface area contributed by atoms with Gasteiger partial charge in [-0.25, -0.2) is 4.98 Å². The number of carbonyl (C=O) groups is 1. The number of para-hydroxylation sites is 1. The van der Waals surface area contributed by atoms with Gasteiger partial charge in [0.1, 0.15) is 0 Å². The third kappa shape index (κ3) is 4.64. The minimum atomic E-state index is -0.0378. The number of carbonyl (C=O) groups excluding carboxylic acids is 1. The van der Waals surface area contributed by atoms with Gasteiger partial charge in [0.25, 0.3) is 0 Å². The van der Waals surface area contributed by atoms with E-state index < -0.39 is 0 Å². The molecule has 1 atom stereocenters. The number of nitrogens with one attached hydrogen (secondary N) is 1. The Hall–Kier alpha value is -2.57. The molecule has 144 valence electrons. The molecule has 2 aromatic carbocycles. The van der Waals surface area contributed by atoms with Crippen molar-refractivity contribution in [2.45, 2.75) is 30.6 Å². The predicted octanol–water partition coefficient (Wildman–Crippen LogP) is 4.46. The van der Waals surface area contributed by atoms with Crippen molar-refractivity contribution in [2.24, 2.45) is 0 Å². The van der Waals surface area contributed by atoms with Crippen LogP contribution in [0.2, 0.25) is 0 Å². The van der Waals surface area contributed by atoms with Crippen LogP contribution >= 0.6 is 11.8 Å². The molecule has 0 saturated carbocycles. The van der Waals surface area contributed by atoms with Crippen molar-refractivity contribution >= 4 is 23.4 Å². The maximum Gasteiger partial charge on any atom is 0.234 e. The van der Waals surface area contributed by atoms with Crippen LogP contribution in [0, 0.1) is 0 Å². The minimum Gasteiger partial charge on any atom is -0.376 e. The number of benzene rings is 2. The summed E-state index contributed by atoms with van der Waals surface area (Å²) in [6.45, 7) is 1.58. The van der Waals surface area contributed by atoms with E-state index in [9.17, 15) is 4.79 Å². The molecule has 1 amide bonds. The van der Waals surface area contributed by atoms with Gasteiger partial charge in [0.05, 0.1) is 30.3 Å². The number of aromatic nitrogens is 2. The Labute approximate surface area is 169 Å². The second-order valence-corrected chi connectivity index (χ2v) is 7.68. The van der Waals surface area contributed by atoms with E-state index in [0.29, 0.717) is 5.75 Å². The van der Waals surface area contributed by atoms with Crippen molar-refractivity contribution in [3.05, 3.63) is 66.9 Å². The van der Waals surface area contributed by atoms with Gasteiger partial charge in [-0.2, -0.15) is 0 Å². The Morgan fingerprint density at radius 3 is 2.61 bits per heavy atom. The molecule has 1 aliphatic rings. The van der Waals surface area contributed by atoms with Crippen molar-refractivity contribution in [3.63, 3.8) is 0 Å². The standard InChI is InChI=1S/C22H23N3O2S/c26-21(24-18-10-5-2-6-11-18)16-28-22-23-14-20(17-8-3-1-4-9-17)25(22)15-19-12-7-13-27-19/h1-6,8-11,14,19H,7,12-13,15-16H2,(H,24,26)/t19-/m0/s1. The van der Waals surface area contributed by atoms with Crippen LogP contribution in [0.3, 0.4) is 0 Å². The van der Waals surface area contributed by atoms with Crippen LogP contribution in [0.4, 0.5) is 5.69 Å². The molecule has 0 unspecified atom stereocenters. The van der Waals surface area contributed by atoms with Crippen molar-refractivity contribution in [2.75, 3.05) is 17.7 Å². The highest BCUT2D eigenvalue weighted by molar-refractivity contribution is 7.99. The maximum absolute atomic E-state index is 12.3. The smallest absolute Gasteiger partial charge is 0.234 e. The van der Waals surface area contributed by atoms with Crippen LogP contribution in [0.25, 0.3) is 11.3 Å². The number of nitrogens with zero attached hydrogens (tertiary/aromatic N) is 2. The first-order valence-corrected chi connectivity index (χ1v) is 10.5. The van der Waals surface area contributed by atoms with Crippen molar-refractivity contribution in [1.29, 1.82) is 0 Å². The number of imidazole rings is 1. The fourth-order valence-corrected chi connectivity index (χ4v) is 4.12. The molecule has 1 aliphatic heterocycles. The Kier molecular flexibility index (Phi) is 6.09. The van der Waals surface area contributed by atoms with Crippen molar-refractivity contribution < 1.29 is 9.53 Å². The summed E-state index contributed by atoms with van der Waals surface area (Å²) in [5.74, 6) is 0.273. The number of hydrogen-bond acceptors (Lipinski definition) is 4. The Morgan fingerprint density at radius 1 is 1.14 bits per heavy atom. The SMILES string of the molecule is O=C(CSc1ncc(-c2ccccc2)n1C[C@@H]1CCCO1)Nc1ccccc1. The molecule has 1 aromatic heterocycles. The van der Waals surface area contributed by atoms with Gasteiger partial charge in [0, 0.05) is 12.3 Å². The summed E-state index contributed by atoms with van der Waals surface area (Å²) in [6.07, 6.45) is 4.25. The normalized spacial score (nSPS) is 16.2. The molecule has 2 heterocycles. The average molecular weight is 394 g/mol. The molecule has 0 radical (unpaired) electrons. The number of amides is 1. The topological polar surface area (TPSA) is 56.2 Å². The van der Waals surface area contributed by atoms with E-state index in [2.05, 4.69) is 27.0 Å². The zero-order valence-electron chi connectivity index (χ0n) is 15.6. The highest BCUT2D eigenvalue weighted by atomic mass is 32.2. The van der Waals surface area contributed by atoms with Gasteiger partial charge >= 0.3 is 0 Å². The first-order chi connectivity index (χ1) is 13.8. The number of ether oxygens (including phenoxy) is 1. The van der Waals surface area contributed by atoms with Gasteiger partial charge in [-0.1, -0.05) is 60.3 Å². The van der Waals surface area contributed by atoms with Crippen LogP contribution in [-0.4, -0.2) is 33.9 Å². The summed E-state index contributed by atoms with van der Waals surface area (Å²) >= 11 is 1.46. The van der Waals surface area contributed by atoms with Crippen LogP contribution in [0.15, 0.2) is 72.0 Å². The molecule has 6 heteroatoms. The predicted molar refractivity (Wildman–Crippen MR) is 112 cm³/mol. The molecule has 28 heavy (non-hydrogen) atoms. The molecule has 0 spiro atoms. The van der Waals surface area contributed by atoms with E-state index in [1.54, 1.807) is 0 Å². The van der Waals surface area contributed by atoms with E-state index in [1.165, 1.54) is 11.8 Å². The molecule has 1 N–H and O–H groups in total. The third-order valence-corrected chi connectivity index (χ3v) is 5.68. The Morgan fingerprint density at radius 2 is 1.89 bits per heavy atom. The number of rotatable bonds is 7. The van der Waals surface area contributed by atoms with Crippen molar-refractivity contribution in [1.82, 2.24) is 9.55 Å². The number of hydrogen-bond donors (Lipinski definition) is 1. The fourth-order valence-electron chi connectivity index (χ4n) is 3.33. The molecule has 5 nitrogen and oxygen atoms in total. The summed E-state index contributed by atoms with van der Waals surface area (Å²) in [5.41, 5.74) is 2.98. The monoisotopic (exact) mass is 393 g/mol. The minimum absolute atomic E-state index is 0.0378. The van der Waals surface area contributed by atoms with Gasteiger partial charge < -0.3 is 14.6 Å². The largest absolute Gasteiger partial charge is 0.376 e. The first-order valence-electron chi connectivity index (χ1n) is 9.50. The zero-order chi connectivity index (χ0) is 19.2. The summed E-state index contributed by atoms with van der Waals surface area (Å²) in [5, 5.41) is 3.77. The Balaban J connectivity index is 1.49. The second kappa shape index (κ2) is 9.08. The highest BCUT2D eigenvalue weighted by Crippen LogP contribution is 2.28. The van der Waals surface area contributed by atoms with Gasteiger partial charge in [-0.05, 0) is 30.5 Å². The van der Waals surface area contributed by atoms with Gasteiger partial charge in [0.2, 0.25) is 5.91 Å². The molecule has 0 aliphatic carbocycles. The van der Waals surface area contributed by atoms with E-state index in [0.717, 1.165) is 48.1 Å². The molecule has 0 bridgehead atoms. The van der Waals surface area contributed by atoms with Crippen LogP contribution in [-0.2, 0) is 16.1 Å². The van der Waals surface area contributed by atoms with Crippen LogP contribution in [0.5, 0.6) is 0 Å². The summed E-state index contributed by atoms with van der Waals surface area (Å²) < 4.78 is 8.03. The molecule has 4 rings (SSSR count). The summed E-state index contributed by atoms with van der Waals surface area (Å²) in [7, 11) is 0. The lowest BCUT2D eigenvalue weighted by molar-refractivity contribution is -0.113. The van der Waals surface area contributed by atoms with Crippen molar-refractivity contribution in [3.8, 4) is 11.3 Å². The van der Waals surface area contributed by atoms with E-state index in [-0.39, 0.29) is 12.0 Å². The summed E-state index contributed by atoms with van der Waals surface area (Å²) in [4.78, 5) is 16.9. The zero-order valence-corrected chi connectivity index (χ0v) is 16.4. The first kappa shape index (κ1) is 18.8. The van der Waals surface area contributed by atoms with E-state index >= 15 is 0 Å². The van der Waals surface area contributed by atoms with Crippen LogP contribution in [0.1, 0.15) is 12.8 Å². The lowest BCUT2D eigenvalue weighted by atomic mass is 10.1. The van der Waals surface area contributed by atoms with Gasteiger partial charge in [-0.15, -0.1) is 0 Å². The Bertz CT molecular complexity index is 906. The summed E-state index contributed by atoms with van der Waals surface area (Å²) in [6, 6.07) is 19.7. The molecule has 1 fully saturated rings. The number of anilines is 1. The van der Waals surface area contributed by atoms with E-state index in [4.69, 9.17) is 4.74 Å². The molecule has 3 aromatic rings. The van der Waals surface area contributed by atoms with Crippen LogP contribution < -0.4 is 5.32 Å². The lowest BCUT2D eigenvalue weighted by Crippen LogP contribution is -2.18. The third-order valence-electron chi connectivity index (χ3n) is 4.69.